The summed E-state index contributed by atoms with van der Waals surface area (Å²) in [5.41, 5.74) is -1.07. The number of rotatable bonds is 4. The Labute approximate surface area is 124 Å². The van der Waals surface area contributed by atoms with Crippen LogP contribution in [0, 0.1) is 0 Å². The van der Waals surface area contributed by atoms with E-state index in [1.807, 2.05) is 0 Å². The highest BCUT2D eigenvalue weighted by molar-refractivity contribution is 5.75. The van der Waals surface area contributed by atoms with E-state index in [2.05, 4.69) is 15.6 Å². The third kappa shape index (κ3) is 3.15. The van der Waals surface area contributed by atoms with E-state index in [-0.39, 0.29) is 12.2 Å². The monoisotopic (exact) mass is 317 g/mol. The second-order valence-corrected chi connectivity index (χ2v) is 6.22. The van der Waals surface area contributed by atoms with Crippen molar-refractivity contribution in [1.29, 1.82) is 0 Å². The van der Waals surface area contributed by atoms with E-state index < -0.39 is 29.8 Å². The highest BCUT2D eigenvalue weighted by Crippen LogP contribution is 2.62. The van der Waals surface area contributed by atoms with Gasteiger partial charge in [0.2, 0.25) is 0 Å². The van der Waals surface area contributed by atoms with E-state index >= 15 is 0 Å². The maximum absolute atomic E-state index is 13.3. The molecule has 0 radical (unpaired) electrons. The predicted octanol–water partition coefficient (Wildman–Crippen LogP) is 2.63. The smallest absolute Gasteiger partial charge is 0.334 e. The molecule has 120 valence electrons. The quantitative estimate of drug-likeness (QED) is 0.839. The minimum Gasteiger partial charge on any atom is -0.334 e. The Morgan fingerprint density at radius 2 is 2.00 bits per heavy atom. The number of carbonyl (C=O) groups is 1. The molecule has 0 atom stereocenters. The molecular weight excluding hydrogens is 302 g/mol. The van der Waals surface area contributed by atoms with Gasteiger partial charge in [0, 0.05) is 37.7 Å². The number of carbonyl (C=O) groups excluding carboxylic acids is 1. The first-order valence-corrected chi connectivity index (χ1v) is 6.93. The van der Waals surface area contributed by atoms with Gasteiger partial charge in [-0.05, 0) is 17.7 Å². The van der Waals surface area contributed by atoms with Crippen molar-refractivity contribution < 1.29 is 22.4 Å². The van der Waals surface area contributed by atoms with Crippen molar-refractivity contribution in [3.63, 3.8) is 0 Å². The fourth-order valence-corrected chi connectivity index (χ4v) is 3.20. The molecule has 3 aliphatic carbocycles. The number of nitrogens with zero attached hydrogens (tertiary/aromatic N) is 1. The van der Waals surface area contributed by atoms with E-state index in [4.69, 9.17) is 0 Å². The predicted molar refractivity (Wildman–Crippen MR) is 69.8 cm³/mol. The van der Waals surface area contributed by atoms with Gasteiger partial charge >= 0.3 is 12.2 Å². The molecule has 2 N–H and O–H groups in total. The molecule has 2 bridgehead atoms. The lowest BCUT2D eigenvalue weighted by molar-refractivity contribution is -0.162. The Balaban J connectivity index is 1.49. The molecule has 0 saturated heterocycles. The van der Waals surface area contributed by atoms with Gasteiger partial charge in [-0.1, -0.05) is 0 Å². The average Bonchev–Trinajstić information content (AvgIpc) is 2.31. The van der Waals surface area contributed by atoms with Gasteiger partial charge < -0.3 is 10.6 Å². The summed E-state index contributed by atoms with van der Waals surface area (Å²) >= 11 is 0. The SMILES string of the molecule is O=C(NCc1ccnc(CC(F)(F)F)c1)NC12CC(F)(C1)C2. The summed E-state index contributed by atoms with van der Waals surface area (Å²) in [5, 5.41) is 5.29. The van der Waals surface area contributed by atoms with Crippen LogP contribution < -0.4 is 10.6 Å². The molecule has 4 nitrogen and oxygen atoms in total. The summed E-state index contributed by atoms with van der Waals surface area (Å²) in [7, 11) is 0. The number of hydrogen-bond donors (Lipinski definition) is 2. The van der Waals surface area contributed by atoms with E-state index in [9.17, 15) is 22.4 Å². The van der Waals surface area contributed by atoms with Crippen LogP contribution in [-0.2, 0) is 13.0 Å². The molecule has 3 aliphatic rings. The Morgan fingerprint density at radius 3 is 2.59 bits per heavy atom. The molecule has 3 fully saturated rings. The van der Waals surface area contributed by atoms with Gasteiger partial charge in [-0.3, -0.25) is 4.98 Å². The Kier molecular flexibility index (Phi) is 3.30. The first kappa shape index (κ1) is 15.1. The van der Waals surface area contributed by atoms with Crippen LogP contribution in [0.15, 0.2) is 18.3 Å². The number of halogens is 4. The van der Waals surface area contributed by atoms with Gasteiger partial charge in [0.15, 0.2) is 0 Å². The number of amides is 2. The summed E-state index contributed by atoms with van der Waals surface area (Å²) < 4.78 is 50.2. The molecule has 8 heteroatoms. The molecule has 0 aromatic carbocycles. The van der Waals surface area contributed by atoms with Gasteiger partial charge in [0.05, 0.1) is 12.0 Å². The standard InChI is InChI=1S/C14H15F4N3O/c15-12-6-13(7-12,8-12)21-11(22)20-5-9-1-2-19-10(3-9)4-14(16,17)18/h1-3H,4-8H2,(H2,20,21,22). The Morgan fingerprint density at radius 1 is 1.32 bits per heavy atom. The molecule has 0 unspecified atom stereocenters. The zero-order chi connectivity index (χ0) is 16.0. The van der Waals surface area contributed by atoms with Crippen LogP contribution in [0.1, 0.15) is 30.5 Å². The molecule has 1 heterocycles. The van der Waals surface area contributed by atoms with Gasteiger partial charge in [-0.15, -0.1) is 0 Å². The number of alkyl halides is 4. The van der Waals surface area contributed by atoms with E-state index in [1.165, 1.54) is 18.3 Å². The first-order valence-electron chi connectivity index (χ1n) is 6.93. The molecule has 22 heavy (non-hydrogen) atoms. The highest BCUT2D eigenvalue weighted by Gasteiger charge is 2.69. The minimum absolute atomic E-state index is 0.0917. The van der Waals surface area contributed by atoms with Crippen LogP contribution in [0.2, 0.25) is 0 Å². The van der Waals surface area contributed by atoms with Gasteiger partial charge in [-0.2, -0.15) is 13.2 Å². The zero-order valence-corrected chi connectivity index (χ0v) is 11.6. The second-order valence-electron chi connectivity index (χ2n) is 6.22. The Hall–Kier alpha value is -1.86. The maximum atomic E-state index is 13.3. The first-order chi connectivity index (χ1) is 10.2. The molecule has 1 aromatic heterocycles. The van der Waals surface area contributed by atoms with Crippen LogP contribution in [0.3, 0.4) is 0 Å². The van der Waals surface area contributed by atoms with Gasteiger partial charge in [-0.25, -0.2) is 9.18 Å². The van der Waals surface area contributed by atoms with Crippen molar-refractivity contribution in [2.45, 2.75) is 49.6 Å². The van der Waals surface area contributed by atoms with Gasteiger partial charge in [0.1, 0.15) is 5.67 Å². The van der Waals surface area contributed by atoms with Crippen LogP contribution in [0.4, 0.5) is 22.4 Å². The summed E-state index contributed by atoms with van der Waals surface area (Å²) in [6, 6.07) is 2.42. The minimum atomic E-state index is -4.32. The zero-order valence-electron chi connectivity index (χ0n) is 11.6. The third-order valence-corrected chi connectivity index (χ3v) is 4.06. The normalized spacial score (nSPS) is 29.3. The van der Waals surface area contributed by atoms with Crippen LogP contribution in [-0.4, -0.2) is 28.4 Å². The highest BCUT2D eigenvalue weighted by atomic mass is 19.4. The fourth-order valence-electron chi connectivity index (χ4n) is 3.20. The van der Waals surface area contributed by atoms with E-state index in [1.54, 1.807) is 0 Å². The van der Waals surface area contributed by atoms with Gasteiger partial charge in [0.25, 0.3) is 0 Å². The lowest BCUT2D eigenvalue weighted by atomic mass is 9.47. The molecule has 3 saturated carbocycles. The molecule has 0 spiro atoms. The van der Waals surface area contributed by atoms with E-state index in [0.29, 0.717) is 24.8 Å². The molecule has 1 aromatic rings. The topological polar surface area (TPSA) is 54.0 Å². The van der Waals surface area contributed by atoms with Crippen LogP contribution in [0.5, 0.6) is 0 Å². The fraction of sp³-hybridized carbons (Fsp3) is 0.571. The molecule has 0 aliphatic heterocycles. The summed E-state index contributed by atoms with van der Waals surface area (Å²) in [5.74, 6) is 0. The van der Waals surface area contributed by atoms with Crippen molar-refractivity contribution in [2.24, 2.45) is 0 Å². The second kappa shape index (κ2) is 4.82. The lowest BCUT2D eigenvalue weighted by Crippen LogP contribution is -2.77. The number of hydrogen-bond acceptors (Lipinski definition) is 2. The number of urea groups is 1. The number of aromatic nitrogens is 1. The number of pyridine rings is 1. The van der Waals surface area contributed by atoms with Crippen molar-refractivity contribution in [3.8, 4) is 0 Å². The largest absolute Gasteiger partial charge is 0.394 e. The summed E-state index contributed by atoms with van der Waals surface area (Å²) in [4.78, 5) is 15.4. The number of nitrogens with one attached hydrogen (secondary N) is 2. The maximum Gasteiger partial charge on any atom is 0.394 e. The van der Waals surface area contributed by atoms with Crippen molar-refractivity contribution >= 4 is 6.03 Å². The average molecular weight is 317 g/mol. The van der Waals surface area contributed by atoms with E-state index in [0.717, 1.165) is 0 Å². The molecule has 2 amide bonds. The van der Waals surface area contributed by atoms with Crippen LogP contribution >= 0.6 is 0 Å². The van der Waals surface area contributed by atoms with Crippen molar-refractivity contribution in [2.75, 3.05) is 0 Å². The summed E-state index contributed by atoms with van der Waals surface area (Å²) in [6.07, 6.45) is -3.10. The van der Waals surface area contributed by atoms with Crippen LogP contribution in [0.25, 0.3) is 0 Å². The summed E-state index contributed by atoms with van der Waals surface area (Å²) in [6.45, 7) is 0.0933. The Bertz CT molecular complexity index is 582. The molecular formula is C14H15F4N3O. The van der Waals surface area contributed by atoms with Crippen molar-refractivity contribution in [1.82, 2.24) is 15.6 Å². The lowest BCUT2D eigenvalue weighted by Gasteiger charge is -2.65. The molecule has 4 rings (SSSR count). The third-order valence-electron chi connectivity index (χ3n) is 4.06. The van der Waals surface area contributed by atoms with Crippen molar-refractivity contribution in [3.05, 3.63) is 29.6 Å².